The maximum absolute atomic E-state index is 13.3. The standard InChI is InChI=1S/C24H28F2N4O/c1-14-17-9-24(2,3)10-18(17)19-12-30(13-21(19)28-14)23(31)15-5-7-29(11-15)16-4-6-27-20(8-16)22(25)26/h4,6,8,15,22H,5,7,9-13H2,1-3H3/t15-/m1/s1. The third-order valence-corrected chi connectivity index (χ3v) is 7.02. The number of hydrogen-bond donors (Lipinski definition) is 0. The molecule has 5 rings (SSSR count). The van der Waals surface area contributed by atoms with Crippen molar-refractivity contribution in [2.75, 3.05) is 18.0 Å². The summed E-state index contributed by atoms with van der Waals surface area (Å²) in [7, 11) is 0. The van der Waals surface area contributed by atoms with Gasteiger partial charge in [0, 0.05) is 37.2 Å². The van der Waals surface area contributed by atoms with Crippen molar-refractivity contribution in [3.63, 3.8) is 0 Å². The van der Waals surface area contributed by atoms with Crippen LogP contribution in [0.2, 0.25) is 0 Å². The van der Waals surface area contributed by atoms with E-state index in [0.717, 1.165) is 30.7 Å². The van der Waals surface area contributed by atoms with Crippen molar-refractivity contribution < 1.29 is 13.6 Å². The second kappa shape index (κ2) is 7.24. The topological polar surface area (TPSA) is 49.3 Å². The zero-order valence-corrected chi connectivity index (χ0v) is 18.3. The lowest BCUT2D eigenvalue weighted by Gasteiger charge is -2.22. The number of aromatic nitrogens is 2. The van der Waals surface area contributed by atoms with E-state index in [4.69, 9.17) is 4.98 Å². The van der Waals surface area contributed by atoms with Gasteiger partial charge in [-0.3, -0.25) is 14.8 Å². The number of fused-ring (bicyclic) bond motifs is 3. The molecule has 3 aliphatic rings. The second-order valence-corrected chi connectivity index (χ2v) is 9.96. The molecule has 0 spiro atoms. The Labute approximate surface area is 181 Å². The normalized spacial score (nSPS) is 21.7. The van der Waals surface area contributed by atoms with E-state index in [1.165, 1.54) is 29.0 Å². The number of alkyl halides is 2. The molecule has 2 aromatic rings. The number of amides is 1. The molecule has 1 aliphatic carbocycles. The number of nitrogens with zero attached hydrogens (tertiary/aromatic N) is 4. The number of halogens is 2. The molecule has 164 valence electrons. The number of pyridine rings is 2. The first-order valence-corrected chi connectivity index (χ1v) is 11.0. The SMILES string of the molecule is Cc1nc2c(c3c1CC(C)(C)C3)CN(C(=O)[C@@H]1CCN(c3ccnc(C(F)F)c3)C1)C2. The molecular weight excluding hydrogens is 398 g/mol. The van der Waals surface area contributed by atoms with Gasteiger partial charge < -0.3 is 9.80 Å². The van der Waals surface area contributed by atoms with Gasteiger partial charge in [-0.05, 0) is 60.4 Å². The molecule has 0 unspecified atom stereocenters. The lowest BCUT2D eigenvalue weighted by Crippen LogP contribution is -2.34. The van der Waals surface area contributed by atoms with E-state index in [2.05, 4.69) is 25.8 Å². The molecule has 1 atom stereocenters. The molecule has 4 heterocycles. The van der Waals surface area contributed by atoms with Gasteiger partial charge in [-0.25, -0.2) is 8.78 Å². The molecule has 2 aromatic heterocycles. The van der Waals surface area contributed by atoms with Gasteiger partial charge in [0.25, 0.3) is 6.43 Å². The Morgan fingerprint density at radius 1 is 1.19 bits per heavy atom. The van der Waals surface area contributed by atoms with Gasteiger partial charge in [-0.1, -0.05) is 13.8 Å². The van der Waals surface area contributed by atoms with Crippen molar-refractivity contribution >= 4 is 11.6 Å². The monoisotopic (exact) mass is 426 g/mol. The molecule has 7 heteroatoms. The van der Waals surface area contributed by atoms with Crippen LogP contribution in [0.15, 0.2) is 18.3 Å². The molecule has 0 saturated carbocycles. The van der Waals surface area contributed by atoms with Crippen molar-refractivity contribution in [2.24, 2.45) is 11.3 Å². The van der Waals surface area contributed by atoms with Gasteiger partial charge in [-0.15, -0.1) is 0 Å². The number of rotatable bonds is 3. The molecule has 0 N–H and O–H groups in total. The van der Waals surface area contributed by atoms with Crippen LogP contribution < -0.4 is 4.90 Å². The highest BCUT2D eigenvalue weighted by molar-refractivity contribution is 5.81. The summed E-state index contributed by atoms with van der Waals surface area (Å²) in [5.74, 6) is 0.0235. The Hall–Kier alpha value is -2.57. The van der Waals surface area contributed by atoms with Crippen molar-refractivity contribution in [1.82, 2.24) is 14.9 Å². The zero-order chi connectivity index (χ0) is 21.9. The Morgan fingerprint density at radius 3 is 2.74 bits per heavy atom. The highest BCUT2D eigenvalue weighted by Gasteiger charge is 2.39. The summed E-state index contributed by atoms with van der Waals surface area (Å²) in [6, 6.07) is 3.17. The fourth-order valence-electron chi connectivity index (χ4n) is 5.49. The van der Waals surface area contributed by atoms with Gasteiger partial charge in [0.2, 0.25) is 5.91 Å². The highest BCUT2D eigenvalue weighted by atomic mass is 19.3. The summed E-state index contributed by atoms with van der Waals surface area (Å²) in [6.45, 7) is 9.12. The Morgan fingerprint density at radius 2 is 1.97 bits per heavy atom. The average Bonchev–Trinajstić information content (AvgIpc) is 3.44. The van der Waals surface area contributed by atoms with Crippen LogP contribution in [0.1, 0.15) is 60.5 Å². The van der Waals surface area contributed by atoms with Crippen LogP contribution in [0.4, 0.5) is 14.5 Å². The van der Waals surface area contributed by atoms with Crippen molar-refractivity contribution in [1.29, 1.82) is 0 Å². The van der Waals surface area contributed by atoms with E-state index in [0.29, 0.717) is 31.9 Å². The number of carbonyl (C=O) groups is 1. The molecule has 2 aliphatic heterocycles. The van der Waals surface area contributed by atoms with Crippen molar-refractivity contribution in [2.45, 2.75) is 59.5 Å². The van der Waals surface area contributed by atoms with Crippen LogP contribution in [0, 0.1) is 18.3 Å². The summed E-state index contributed by atoms with van der Waals surface area (Å²) in [6.07, 6.45) is 1.65. The Kier molecular flexibility index (Phi) is 4.75. The van der Waals surface area contributed by atoms with E-state index in [1.807, 2.05) is 9.80 Å². The molecule has 1 amide bonds. The molecule has 1 fully saturated rings. The van der Waals surface area contributed by atoms with Crippen LogP contribution in [0.3, 0.4) is 0 Å². The van der Waals surface area contributed by atoms with Crippen LogP contribution in [0.5, 0.6) is 0 Å². The predicted molar refractivity (Wildman–Crippen MR) is 114 cm³/mol. The third kappa shape index (κ3) is 3.58. The van der Waals surface area contributed by atoms with Crippen molar-refractivity contribution in [3.05, 3.63) is 52.1 Å². The minimum Gasteiger partial charge on any atom is -0.371 e. The van der Waals surface area contributed by atoms with Gasteiger partial charge >= 0.3 is 0 Å². The summed E-state index contributed by atoms with van der Waals surface area (Å²) in [5.41, 5.74) is 6.92. The first-order chi connectivity index (χ1) is 14.7. The second-order valence-electron chi connectivity index (χ2n) is 9.96. The third-order valence-electron chi connectivity index (χ3n) is 7.02. The van der Waals surface area contributed by atoms with Crippen LogP contribution in [0.25, 0.3) is 0 Å². The maximum atomic E-state index is 13.3. The number of aryl methyl sites for hydroxylation is 1. The summed E-state index contributed by atoms with van der Waals surface area (Å²) >= 11 is 0. The first kappa shape index (κ1) is 20.3. The largest absolute Gasteiger partial charge is 0.371 e. The molecule has 1 saturated heterocycles. The van der Waals surface area contributed by atoms with E-state index in [-0.39, 0.29) is 22.9 Å². The minimum atomic E-state index is -2.59. The zero-order valence-electron chi connectivity index (χ0n) is 18.3. The van der Waals surface area contributed by atoms with Gasteiger partial charge in [0.15, 0.2) is 0 Å². The fraction of sp³-hybridized carbons (Fsp3) is 0.542. The summed E-state index contributed by atoms with van der Waals surface area (Å²) in [4.78, 5) is 25.9. The predicted octanol–water partition coefficient (Wildman–Crippen LogP) is 4.22. The van der Waals surface area contributed by atoms with Gasteiger partial charge in [-0.2, -0.15) is 0 Å². The van der Waals surface area contributed by atoms with E-state index in [1.54, 1.807) is 6.07 Å². The van der Waals surface area contributed by atoms with Crippen LogP contribution in [-0.2, 0) is 30.7 Å². The molecule has 0 aromatic carbocycles. The molecule has 31 heavy (non-hydrogen) atoms. The quantitative estimate of drug-likeness (QED) is 0.738. The van der Waals surface area contributed by atoms with E-state index >= 15 is 0 Å². The smallest absolute Gasteiger partial charge is 0.280 e. The minimum absolute atomic E-state index is 0.122. The summed E-state index contributed by atoms with van der Waals surface area (Å²) in [5, 5.41) is 0. The van der Waals surface area contributed by atoms with Crippen molar-refractivity contribution in [3.8, 4) is 0 Å². The van der Waals surface area contributed by atoms with Gasteiger partial charge in [0.05, 0.1) is 18.2 Å². The maximum Gasteiger partial charge on any atom is 0.280 e. The number of carbonyl (C=O) groups excluding carboxylic acids is 1. The summed E-state index contributed by atoms with van der Waals surface area (Å²) < 4.78 is 26.0. The number of hydrogen-bond acceptors (Lipinski definition) is 4. The van der Waals surface area contributed by atoms with Gasteiger partial charge in [0.1, 0.15) is 5.69 Å². The lowest BCUT2D eigenvalue weighted by molar-refractivity contribution is -0.135. The Balaban J connectivity index is 1.30. The first-order valence-electron chi connectivity index (χ1n) is 11.0. The number of anilines is 1. The molecule has 0 radical (unpaired) electrons. The fourth-order valence-corrected chi connectivity index (χ4v) is 5.49. The molecule has 5 nitrogen and oxygen atoms in total. The van der Waals surface area contributed by atoms with E-state index in [9.17, 15) is 13.6 Å². The Bertz CT molecular complexity index is 1050. The molecule has 0 bridgehead atoms. The highest BCUT2D eigenvalue weighted by Crippen LogP contribution is 2.42. The van der Waals surface area contributed by atoms with E-state index < -0.39 is 6.43 Å². The average molecular weight is 427 g/mol. The van der Waals surface area contributed by atoms with Crippen LogP contribution >= 0.6 is 0 Å². The van der Waals surface area contributed by atoms with Crippen LogP contribution in [-0.4, -0.2) is 33.9 Å². The molecular formula is C24H28F2N4O. The lowest BCUT2D eigenvalue weighted by atomic mass is 9.90.